The quantitative estimate of drug-likeness (QED) is 0.315. The first-order valence-electron chi connectivity index (χ1n) is 3.12. The van der Waals surface area contributed by atoms with E-state index in [-0.39, 0.29) is 11.7 Å². The van der Waals surface area contributed by atoms with Gasteiger partial charge in [-0.2, -0.15) is 5.12 Å². The maximum absolute atomic E-state index is 11.9. The normalized spacial score (nSPS) is 9.11. The molecule has 0 spiro atoms. The van der Waals surface area contributed by atoms with Crippen LogP contribution in [0.25, 0.3) is 0 Å². The van der Waals surface area contributed by atoms with Crippen LogP contribution in [0.5, 0.6) is 0 Å². The van der Waals surface area contributed by atoms with Crippen molar-refractivity contribution in [3.8, 4) is 0 Å². The SMILES string of the molecule is CCCCCN(F)[C]=O. The fourth-order valence-electron chi connectivity index (χ4n) is 0.546. The summed E-state index contributed by atoms with van der Waals surface area (Å²) in [4.78, 5) is 9.52. The lowest BCUT2D eigenvalue weighted by atomic mass is 10.2. The summed E-state index contributed by atoms with van der Waals surface area (Å²) >= 11 is 0. The maximum atomic E-state index is 11.9. The Morgan fingerprint density at radius 2 is 2.22 bits per heavy atom. The number of carbonyl (C=O) groups excluding carboxylic acids is 1. The van der Waals surface area contributed by atoms with Crippen molar-refractivity contribution in [2.24, 2.45) is 0 Å². The Kier molecular flexibility index (Phi) is 5.17. The molecular formula is C6H11FNO. The first-order chi connectivity index (χ1) is 4.31. The molecule has 2 nitrogen and oxygen atoms in total. The number of unbranched alkanes of at least 4 members (excludes halogenated alkanes) is 2. The molecule has 0 N–H and O–H groups in total. The lowest BCUT2D eigenvalue weighted by molar-refractivity contribution is 0.112. The second kappa shape index (κ2) is 5.54. The van der Waals surface area contributed by atoms with Crippen LogP contribution >= 0.6 is 0 Å². The minimum atomic E-state index is 0.0513. The molecule has 0 atom stereocenters. The molecule has 0 fully saturated rings. The van der Waals surface area contributed by atoms with E-state index in [2.05, 4.69) is 0 Å². The lowest BCUT2D eigenvalue weighted by Crippen LogP contribution is -2.11. The molecule has 0 unspecified atom stereocenters. The molecule has 0 aromatic carbocycles. The summed E-state index contributed by atoms with van der Waals surface area (Å²) in [5.41, 5.74) is 0. The number of amides is 1. The molecule has 0 aliphatic carbocycles. The average molecular weight is 132 g/mol. The second-order valence-electron chi connectivity index (χ2n) is 1.88. The predicted molar refractivity (Wildman–Crippen MR) is 33.0 cm³/mol. The fraction of sp³-hybridized carbons (Fsp3) is 0.833. The van der Waals surface area contributed by atoms with Crippen LogP contribution in [-0.4, -0.2) is 18.1 Å². The van der Waals surface area contributed by atoms with Gasteiger partial charge in [0.1, 0.15) is 0 Å². The topological polar surface area (TPSA) is 20.3 Å². The number of nitrogens with zero attached hydrogens (tertiary/aromatic N) is 1. The first kappa shape index (κ1) is 8.40. The van der Waals surface area contributed by atoms with Gasteiger partial charge in [0.2, 0.25) is 0 Å². The highest BCUT2D eigenvalue weighted by atomic mass is 19.2. The average Bonchev–Trinajstić information content (AvgIpc) is 1.89. The molecule has 0 rings (SSSR count). The molecule has 0 heterocycles. The van der Waals surface area contributed by atoms with E-state index < -0.39 is 0 Å². The van der Waals surface area contributed by atoms with Gasteiger partial charge >= 0.3 is 6.41 Å². The number of halogens is 1. The minimum Gasteiger partial charge on any atom is -0.261 e. The van der Waals surface area contributed by atoms with Gasteiger partial charge in [-0.25, -0.2) is 0 Å². The Morgan fingerprint density at radius 3 is 2.67 bits per heavy atom. The van der Waals surface area contributed by atoms with Gasteiger partial charge < -0.3 is 0 Å². The largest absolute Gasteiger partial charge is 0.342 e. The third-order valence-electron chi connectivity index (χ3n) is 1.06. The molecule has 0 aromatic rings. The summed E-state index contributed by atoms with van der Waals surface area (Å²) in [7, 11) is 0. The van der Waals surface area contributed by atoms with Crippen molar-refractivity contribution in [1.82, 2.24) is 5.12 Å². The number of hydrogen-bond donors (Lipinski definition) is 0. The third kappa shape index (κ3) is 5.27. The highest BCUT2D eigenvalue weighted by molar-refractivity contribution is 5.45. The molecule has 3 heteroatoms. The van der Waals surface area contributed by atoms with E-state index in [9.17, 15) is 9.28 Å². The molecular weight excluding hydrogens is 121 g/mol. The molecule has 0 aliphatic heterocycles. The zero-order chi connectivity index (χ0) is 7.11. The van der Waals surface area contributed by atoms with E-state index in [1.165, 1.54) is 0 Å². The van der Waals surface area contributed by atoms with Crippen LogP contribution < -0.4 is 0 Å². The molecule has 53 valence electrons. The molecule has 1 radical (unpaired) electrons. The van der Waals surface area contributed by atoms with Crippen molar-refractivity contribution in [3.63, 3.8) is 0 Å². The Labute approximate surface area is 54.6 Å². The molecule has 0 aliphatic rings. The highest BCUT2D eigenvalue weighted by Gasteiger charge is 1.96. The maximum Gasteiger partial charge on any atom is 0.342 e. The molecule has 0 saturated carbocycles. The van der Waals surface area contributed by atoms with Gasteiger partial charge in [-0.1, -0.05) is 24.2 Å². The van der Waals surface area contributed by atoms with Gasteiger partial charge in [-0.15, -0.1) is 0 Å². The lowest BCUT2D eigenvalue weighted by Gasteiger charge is -2.00. The third-order valence-corrected chi connectivity index (χ3v) is 1.06. The van der Waals surface area contributed by atoms with Crippen LogP contribution in [-0.2, 0) is 4.79 Å². The van der Waals surface area contributed by atoms with E-state index in [1.807, 2.05) is 6.92 Å². The molecule has 0 aromatic heterocycles. The van der Waals surface area contributed by atoms with E-state index >= 15 is 0 Å². The van der Waals surface area contributed by atoms with Crippen molar-refractivity contribution in [2.75, 3.05) is 6.54 Å². The van der Waals surface area contributed by atoms with Crippen molar-refractivity contribution in [2.45, 2.75) is 26.2 Å². The second-order valence-corrected chi connectivity index (χ2v) is 1.88. The van der Waals surface area contributed by atoms with Gasteiger partial charge in [0.25, 0.3) is 0 Å². The summed E-state index contributed by atoms with van der Waals surface area (Å²) in [6.07, 6.45) is 3.86. The van der Waals surface area contributed by atoms with E-state index in [0.29, 0.717) is 0 Å². The van der Waals surface area contributed by atoms with Crippen LogP contribution in [0.4, 0.5) is 4.48 Å². The van der Waals surface area contributed by atoms with Gasteiger partial charge in [0, 0.05) is 0 Å². The Hall–Kier alpha value is -0.600. The zero-order valence-electron chi connectivity index (χ0n) is 5.56. The monoisotopic (exact) mass is 132 g/mol. The molecule has 9 heavy (non-hydrogen) atoms. The Bertz CT molecular complexity index is 77.5. The van der Waals surface area contributed by atoms with Crippen molar-refractivity contribution >= 4 is 6.41 Å². The van der Waals surface area contributed by atoms with Crippen molar-refractivity contribution in [1.29, 1.82) is 0 Å². The highest BCUT2D eigenvalue weighted by Crippen LogP contribution is 1.95. The smallest absolute Gasteiger partial charge is 0.261 e. The minimum absolute atomic E-state index is 0.0513. The van der Waals surface area contributed by atoms with Gasteiger partial charge in [0.15, 0.2) is 0 Å². The van der Waals surface area contributed by atoms with E-state index in [4.69, 9.17) is 0 Å². The van der Waals surface area contributed by atoms with Crippen molar-refractivity contribution < 1.29 is 9.28 Å². The van der Waals surface area contributed by atoms with E-state index in [0.717, 1.165) is 25.7 Å². The summed E-state index contributed by atoms with van der Waals surface area (Å²) in [6, 6.07) is 0. The Morgan fingerprint density at radius 1 is 1.56 bits per heavy atom. The van der Waals surface area contributed by atoms with E-state index in [1.54, 1.807) is 0 Å². The van der Waals surface area contributed by atoms with Crippen LogP contribution in [0.15, 0.2) is 0 Å². The van der Waals surface area contributed by atoms with Crippen molar-refractivity contribution in [3.05, 3.63) is 0 Å². The summed E-state index contributed by atoms with van der Waals surface area (Å²) in [5.74, 6) is 0. The van der Waals surface area contributed by atoms with Gasteiger partial charge in [0.05, 0.1) is 6.54 Å². The summed E-state index contributed by atoms with van der Waals surface area (Å²) in [6.45, 7) is 2.20. The van der Waals surface area contributed by atoms with Crippen LogP contribution in [0.3, 0.4) is 0 Å². The van der Waals surface area contributed by atoms with Crippen LogP contribution in [0, 0.1) is 0 Å². The predicted octanol–water partition coefficient (Wildman–Crippen LogP) is 1.43. The molecule has 1 amide bonds. The summed E-state index contributed by atoms with van der Waals surface area (Å²) in [5, 5.41) is 0.0513. The fourth-order valence-corrected chi connectivity index (χ4v) is 0.546. The molecule has 0 saturated heterocycles. The zero-order valence-corrected chi connectivity index (χ0v) is 5.56. The van der Waals surface area contributed by atoms with Crippen LogP contribution in [0.2, 0.25) is 0 Å². The molecule has 0 bridgehead atoms. The number of rotatable bonds is 5. The first-order valence-corrected chi connectivity index (χ1v) is 3.12. The Balaban J connectivity index is 2.96. The standard InChI is InChI=1S/C6H11FNO/c1-2-3-4-5-8(7)6-9/h2-5H2,1H3. The van der Waals surface area contributed by atoms with Gasteiger partial charge in [-0.3, -0.25) is 4.79 Å². The number of hydrogen-bond acceptors (Lipinski definition) is 1. The van der Waals surface area contributed by atoms with Crippen LogP contribution in [0.1, 0.15) is 26.2 Å². The van der Waals surface area contributed by atoms with Gasteiger partial charge in [-0.05, 0) is 6.42 Å². The summed E-state index contributed by atoms with van der Waals surface area (Å²) < 4.78 is 11.9.